The quantitative estimate of drug-likeness (QED) is 0.406. The summed E-state index contributed by atoms with van der Waals surface area (Å²) in [5.41, 5.74) is 10.1. The molecule has 7 nitrogen and oxygen atoms in total. The molecule has 0 radical (unpaired) electrons. The highest BCUT2D eigenvalue weighted by molar-refractivity contribution is 6.18. The number of azide groups is 1. The Labute approximate surface area is 125 Å². The third-order valence-corrected chi connectivity index (χ3v) is 3.68. The van der Waals surface area contributed by atoms with E-state index in [0.29, 0.717) is 27.6 Å². The highest BCUT2D eigenvalue weighted by Gasteiger charge is 2.32. The zero-order valence-electron chi connectivity index (χ0n) is 11.6. The summed E-state index contributed by atoms with van der Waals surface area (Å²) in [7, 11) is 0. The number of carbonyl (C=O) groups is 2. The molecule has 1 heterocycles. The molecular weight excluding hydrogens is 284 g/mol. The van der Waals surface area contributed by atoms with Gasteiger partial charge in [0.15, 0.2) is 0 Å². The molecule has 3 rings (SSSR count). The minimum absolute atomic E-state index is 0.0243. The van der Waals surface area contributed by atoms with Crippen molar-refractivity contribution in [3.05, 3.63) is 51.9 Å². The van der Waals surface area contributed by atoms with Crippen LogP contribution >= 0.6 is 0 Å². The van der Waals surface area contributed by atoms with E-state index in [0.717, 1.165) is 4.90 Å². The molecule has 2 aromatic rings. The lowest BCUT2D eigenvalue weighted by Gasteiger charge is -2.27. The lowest BCUT2D eigenvalue weighted by molar-refractivity contribution is -0.128. The van der Waals surface area contributed by atoms with Crippen molar-refractivity contribution in [3.63, 3.8) is 0 Å². The van der Waals surface area contributed by atoms with Crippen molar-refractivity contribution in [2.75, 3.05) is 13.2 Å². The molecule has 7 heteroatoms. The van der Waals surface area contributed by atoms with Crippen molar-refractivity contribution in [1.82, 2.24) is 4.90 Å². The molecule has 0 unspecified atom stereocenters. The number of aliphatic hydroxyl groups excluding tert-OH is 1. The molecular formula is C15H12N4O3. The average molecular weight is 296 g/mol. The van der Waals surface area contributed by atoms with Gasteiger partial charge in [-0.3, -0.25) is 14.5 Å². The molecule has 0 spiro atoms. The minimum atomic E-state index is -0.427. The molecule has 2 aromatic carbocycles. The molecule has 22 heavy (non-hydrogen) atoms. The number of aliphatic hydroxyl groups is 1. The predicted octanol–water partition coefficient (Wildman–Crippen LogP) is 2.30. The van der Waals surface area contributed by atoms with Crippen molar-refractivity contribution in [3.8, 4) is 0 Å². The summed E-state index contributed by atoms with van der Waals surface area (Å²) in [6, 6.07) is 8.68. The van der Waals surface area contributed by atoms with Crippen LogP contribution in [0.4, 0.5) is 5.69 Å². The summed E-state index contributed by atoms with van der Waals surface area (Å²) >= 11 is 0. The summed E-state index contributed by atoms with van der Waals surface area (Å²) in [5.74, 6) is -0.794. The second-order valence-electron chi connectivity index (χ2n) is 4.92. The Morgan fingerprint density at radius 2 is 2.00 bits per heavy atom. The van der Waals surface area contributed by atoms with E-state index in [1.54, 1.807) is 30.3 Å². The summed E-state index contributed by atoms with van der Waals surface area (Å²) < 4.78 is 0. The van der Waals surface area contributed by atoms with Crippen LogP contribution in [0.25, 0.3) is 21.2 Å². The molecule has 1 N–H and O–H groups in total. The summed E-state index contributed by atoms with van der Waals surface area (Å²) in [4.78, 5) is 28.5. The number of imide groups is 1. The van der Waals surface area contributed by atoms with E-state index in [2.05, 4.69) is 10.0 Å². The van der Waals surface area contributed by atoms with Crippen LogP contribution in [-0.2, 0) is 11.2 Å². The maximum atomic E-state index is 12.6. The number of rotatable bonds is 3. The van der Waals surface area contributed by atoms with Crippen molar-refractivity contribution in [2.45, 2.75) is 6.42 Å². The normalized spacial score (nSPS) is 14.0. The van der Waals surface area contributed by atoms with E-state index >= 15 is 0 Å². The van der Waals surface area contributed by atoms with Crippen LogP contribution in [0.15, 0.2) is 35.4 Å². The first-order valence-corrected chi connectivity index (χ1v) is 6.72. The monoisotopic (exact) mass is 296 g/mol. The number of fused-ring (bicyclic) bond motifs is 3. The van der Waals surface area contributed by atoms with Gasteiger partial charge in [0.25, 0.3) is 5.91 Å². The molecule has 0 saturated heterocycles. The zero-order chi connectivity index (χ0) is 15.7. The Hall–Kier alpha value is -2.89. The standard InChI is InChI=1S/C15H12N4O3/c16-18-17-12-7-9-8-13(21)19(5-6-20)15(22)14(9)11-4-2-1-3-10(11)12/h1-4,7,20H,5-6,8H2. The third-order valence-electron chi connectivity index (χ3n) is 3.68. The molecule has 0 aliphatic carbocycles. The Bertz CT molecular complexity index is 840. The van der Waals surface area contributed by atoms with Gasteiger partial charge in [0.05, 0.1) is 25.1 Å². The Morgan fingerprint density at radius 3 is 2.68 bits per heavy atom. The van der Waals surface area contributed by atoms with E-state index in [1.807, 2.05) is 0 Å². The van der Waals surface area contributed by atoms with E-state index in [-0.39, 0.29) is 25.5 Å². The number of hydrogen-bond acceptors (Lipinski definition) is 4. The van der Waals surface area contributed by atoms with Crippen LogP contribution in [0.1, 0.15) is 15.9 Å². The maximum absolute atomic E-state index is 12.6. The van der Waals surface area contributed by atoms with Gasteiger partial charge in [0.2, 0.25) is 5.91 Å². The third kappa shape index (κ3) is 2.09. The molecule has 0 bridgehead atoms. The molecule has 0 fully saturated rings. The van der Waals surface area contributed by atoms with Gasteiger partial charge in [0.1, 0.15) is 0 Å². The Balaban J connectivity index is 2.30. The van der Waals surface area contributed by atoms with Crippen molar-refractivity contribution in [1.29, 1.82) is 0 Å². The fourth-order valence-corrected chi connectivity index (χ4v) is 2.77. The molecule has 0 saturated carbocycles. The van der Waals surface area contributed by atoms with E-state index in [9.17, 15) is 9.59 Å². The molecule has 1 aliphatic heterocycles. The van der Waals surface area contributed by atoms with Crippen LogP contribution < -0.4 is 0 Å². The number of carbonyl (C=O) groups excluding carboxylic acids is 2. The largest absolute Gasteiger partial charge is 0.395 e. The van der Waals surface area contributed by atoms with E-state index in [1.165, 1.54) is 0 Å². The van der Waals surface area contributed by atoms with E-state index < -0.39 is 5.91 Å². The van der Waals surface area contributed by atoms with Crippen LogP contribution in [0.3, 0.4) is 0 Å². The van der Waals surface area contributed by atoms with Gasteiger partial charge in [-0.25, -0.2) is 0 Å². The first-order chi connectivity index (χ1) is 10.7. The van der Waals surface area contributed by atoms with Crippen LogP contribution in [-0.4, -0.2) is 35.0 Å². The van der Waals surface area contributed by atoms with Gasteiger partial charge in [0, 0.05) is 10.6 Å². The second-order valence-corrected chi connectivity index (χ2v) is 4.92. The number of benzene rings is 2. The first-order valence-electron chi connectivity index (χ1n) is 6.72. The summed E-state index contributed by atoms with van der Waals surface area (Å²) in [6.07, 6.45) is 0.0415. The smallest absolute Gasteiger partial charge is 0.261 e. The van der Waals surface area contributed by atoms with Crippen molar-refractivity contribution >= 4 is 28.3 Å². The van der Waals surface area contributed by atoms with Crippen LogP contribution in [0.2, 0.25) is 0 Å². The van der Waals surface area contributed by atoms with Gasteiger partial charge in [-0.2, -0.15) is 0 Å². The highest BCUT2D eigenvalue weighted by Crippen LogP contribution is 2.35. The molecule has 2 amide bonds. The molecule has 0 atom stereocenters. The van der Waals surface area contributed by atoms with Crippen LogP contribution in [0.5, 0.6) is 0 Å². The van der Waals surface area contributed by atoms with Gasteiger partial charge in [-0.15, -0.1) is 0 Å². The Kier molecular flexibility index (Phi) is 3.50. The van der Waals surface area contributed by atoms with Gasteiger partial charge in [-0.1, -0.05) is 29.4 Å². The van der Waals surface area contributed by atoms with Crippen molar-refractivity contribution in [2.24, 2.45) is 5.11 Å². The molecule has 0 aromatic heterocycles. The summed E-state index contributed by atoms with van der Waals surface area (Å²) in [5, 5.41) is 14.0. The fraction of sp³-hybridized carbons (Fsp3) is 0.200. The number of hydrogen-bond donors (Lipinski definition) is 1. The number of amides is 2. The van der Waals surface area contributed by atoms with Gasteiger partial charge < -0.3 is 5.11 Å². The predicted molar refractivity (Wildman–Crippen MR) is 79.6 cm³/mol. The maximum Gasteiger partial charge on any atom is 0.261 e. The number of β-amino-alcohol motifs (C(OH)–C–C–N with tert-alkyl or cyclic N) is 1. The van der Waals surface area contributed by atoms with Gasteiger partial charge in [-0.05, 0) is 27.9 Å². The first kappa shape index (κ1) is 14.1. The minimum Gasteiger partial charge on any atom is -0.395 e. The fourth-order valence-electron chi connectivity index (χ4n) is 2.77. The van der Waals surface area contributed by atoms with E-state index in [4.69, 9.17) is 10.6 Å². The lowest BCUT2D eigenvalue weighted by Crippen LogP contribution is -2.43. The van der Waals surface area contributed by atoms with Crippen LogP contribution in [0, 0.1) is 0 Å². The van der Waals surface area contributed by atoms with Crippen molar-refractivity contribution < 1.29 is 14.7 Å². The zero-order valence-corrected chi connectivity index (χ0v) is 11.6. The second kappa shape index (κ2) is 5.48. The number of nitrogens with zero attached hydrogens (tertiary/aromatic N) is 4. The lowest BCUT2D eigenvalue weighted by atomic mass is 9.91. The highest BCUT2D eigenvalue weighted by atomic mass is 16.3. The molecule has 110 valence electrons. The topological polar surface area (TPSA) is 106 Å². The summed E-state index contributed by atoms with van der Waals surface area (Å²) in [6.45, 7) is -0.301. The SMILES string of the molecule is [N-]=[N+]=Nc1cc2c(c3ccccc13)C(=O)N(CCO)C(=O)C2. The average Bonchev–Trinajstić information content (AvgIpc) is 2.51. The molecule has 1 aliphatic rings. The van der Waals surface area contributed by atoms with Gasteiger partial charge >= 0.3 is 0 Å². The Morgan fingerprint density at radius 1 is 1.27 bits per heavy atom.